The molecule has 3 rings (SSSR count). The fourth-order valence-corrected chi connectivity index (χ4v) is 3.03. The molecule has 2 aromatic heterocycles. The van der Waals surface area contributed by atoms with Crippen molar-refractivity contribution >= 4 is 11.9 Å². The van der Waals surface area contributed by atoms with E-state index in [1.54, 1.807) is 6.08 Å². The number of pyridine rings is 2. The number of allylic oxidation sites excluding steroid dienone is 1. The van der Waals surface area contributed by atoms with Crippen LogP contribution in [0.2, 0.25) is 0 Å². The molecule has 0 saturated heterocycles. The highest BCUT2D eigenvalue weighted by molar-refractivity contribution is 5.84. The average molecular weight is 324 g/mol. The Bertz CT molecular complexity index is 783. The monoisotopic (exact) mass is 324 g/mol. The quantitative estimate of drug-likeness (QED) is 0.842. The largest absolute Gasteiger partial charge is 0.384 e. The first-order chi connectivity index (χ1) is 11.7. The van der Waals surface area contributed by atoms with Gasteiger partial charge in [0.1, 0.15) is 5.82 Å². The molecule has 0 aliphatic carbocycles. The van der Waals surface area contributed by atoms with Gasteiger partial charge in [-0.1, -0.05) is 13.3 Å². The lowest BCUT2D eigenvalue weighted by Crippen LogP contribution is -2.11. The van der Waals surface area contributed by atoms with Gasteiger partial charge in [0, 0.05) is 52.7 Å². The van der Waals surface area contributed by atoms with Gasteiger partial charge in [-0.15, -0.1) is 0 Å². The van der Waals surface area contributed by atoms with Gasteiger partial charge in [0.2, 0.25) is 0 Å². The highest BCUT2D eigenvalue weighted by Gasteiger charge is 2.16. The van der Waals surface area contributed by atoms with E-state index in [9.17, 15) is 4.39 Å². The van der Waals surface area contributed by atoms with E-state index in [0.29, 0.717) is 0 Å². The number of fused-ring (bicyclic) bond motifs is 1. The van der Waals surface area contributed by atoms with Crippen LogP contribution in [0.5, 0.6) is 0 Å². The molecule has 0 amide bonds. The zero-order valence-corrected chi connectivity index (χ0v) is 13.8. The SMILES string of the molecule is CCCc1ncc(F)cc1-c1cnc2c(c1)/C(=C/C=N)NCCC2. The molecule has 4 nitrogen and oxygen atoms in total. The Labute approximate surface area is 141 Å². The van der Waals surface area contributed by atoms with Crippen LogP contribution >= 0.6 is 0 Å². The molecule has 0 spiro atoms. The number of hydrogen-bond donors (Lipinski definition) is 2. The molecule has 5 heteroatoms. The smallest absolute Gasteiger partial charge is 0.142 e. The van der Waals surface area contributed by atoms with Crippen LogP contribution in [0.15, 0.2) is 30.6 Å². The third kappa shape index (κ3) is 3.35. The van der Waals surface area contributed by atoms with Gasteiger partial charge in [-0.25, -0.2) is 4.39 Å². The number of hydrogen-bond acceptors (Lipinski definition) is 4. The number of halogens is 1. The Morgan fingerprint density at radius 3 is 2.92 bits per heavy atom. The summed E-state index contributed by atoms with van der Waals surface area (Å²) >= 11 is 0. The molecule has 0 radical (unpaired) electrons. The lowest BCUT2D eigenvalue weighted by molar-refractivity contribution is 0.619. The van der Waals surface area contributed by atoms with Crippen LogP contribution in [0, 0.1) is 11.2 Å². The lowest BCUT2D eigenvalue weighted by atomic mass is 9.98. The third-order valence-corrected chi connectivity index (χ3v) is 4.15. The Balaban J connectivity index is 2.13. The Morgan fingerprint density at radius 1 is 1.25 bits per heavy atom. The van der Waals surface area contributed by atoms with E-state index >= 15 is 0 Å². The summed E-state index contributed by atoms with van der Waals surface area (Å²) < 4.78 is 13.7. The minimum absolute atomic E-state index is 0.340. The highest BCUT2D eigenvalue weighted by Crippen LogP contribution is 2.29. The summed E-state index contributed by atoms with van der Waals surface area (Å²) in [6, 6.07) is 3.57. The molecule has 0 atom stereocenters. The fourth-order valence-electron chi connectivity index (χ4n) is 3.03. The number of nitrogens with one attached hydrogen (secondary N) is 2. The second-order valence-corrected chi connectivity index (χ2v) is 5.89. The van der Waals surface area contributed by atoms with Crippen molar-refractivity contribution in [2.75, 3.05) is 6.54 Å². The highest BCUT2D eigenvalue weighted by atomic mass is 19.1. The maximum absolute atomic E-state index is 13.7. The predicted molar refractivity (Wildman–Crippen MR) is 94.5 cm³/mol. The first-order valence-corrected chi connectivity index (χ1v) is 8.31. The molecule has 24 heavy (non-hydrogen) atoms. The lowest BCUT2D eigenvalue weighted by Gasteiger charge is -2.13. The third-order valence-electron chi connectivity index (χ3n) is 4.15. The van der Waals surface area contributed by atoms with E-state index < -0.39 is 0 Å². The summed E-state index contributed by atoms with van der Waals surface area (Å²) in [5.41, 5.74) is 5.45. The normalized spacial score (nSPS) is 15.5. The van der Waals surface area contributed by atoms with Gasteiger partial charge in [0.05, 0.1) is 6.20 Å². The van der Waals surface area contributed by atoms with Crippen molar-refractivity contribution in [3.8, 4) is 11.1 Å². The summed E-state index contributed by atoms with van der Waals surface area (Å²) in [6.45, 7) is 2.94. The second kappa shape index (κ2) is 7.34. The summed E-state index contributed by atoms with van der Waals surface area (Å²) in [6.07, 6.45) is 9.73. The first-order valence-electron chi connectivity index (χ1n) is 8.31. The van der Waals surface area contributed by atoms with Gasteiger partial charge < -0.3 is 10.7 Å². The molecule has 0 fully saturated rings. The van der Waals surface area contributed by atoms with Gasteiger partial charge in [0.15, 0.2) is 0 Å². The number of aromatic nitrogens is 2. The number of aryl methyl sites for hydroxylation is 2. The summed E-state index contributed by atoms with van der Waals surface area (Å²) in [7, 11) is 0. The minimum atomic E-state index is -0.340. The molecule has 124 valence electrons. The predicted octanol–water partition coefficient (Wildman–Crippen LogP) is 3.76. The molecular weight excluding hydrogens is 303 g/mol. The van der Waals surface area contributed by atoms with Gasteiger partial charge >= 0.3 is 0 Å². The zero-order valence-electron chi connectivity index (χ0n) is 13.8. The van der Waals surface area contributed by atoms with Gasteiger partial charge in [-0.2, -0.15) is 0 Å². The molecule has 0 aromatic carbocycles. The molecule has 0 unspecified atom stereocenters. The van der Waals surface area contributed by atoms with Gasteiger partial charge in [0.25, 0.3) is 0 Å². The Hall–Kier alpha value is -2.56. The molecule has 3 heterocycles. The van der Waals surface area contributed by atoms with Crippen LogP contribution in [0.3, 0.4) is 0 Å². The van der Waals surface area contributed by atoms with Crippen molar-refractivity contribution < 1.29 is 4.39 Å². The van der Waals surface area contributed by atoms with Crippen LogP contribution in [-0.2, 0) is 12.8 Å². The Morgan fingerprint density at radius 2 is 2.12 bits per heavy atom. The summed E-state index contributed by atoms with van der Waals surface area (Å²) in [5.74, 6) is -0.340. The molecule has 1 aliphatic rings. The molecule has 2 N–H and O–H groups in total. The maximum Gasteiger partial charge on any atom is 0.142 e. The van der Waals surface area contributed by atoms with Crippen molar-refractivity contribution in [1.29, 1.82) is 5.41 Å². The van der Waals surface area contributed by atoms with Gasteiger partial charge in [-0.3, -0.25) is 9.97 Å². The zero-order chi connectivity index (χ0) is 16.9. The second-order valence-electron chi connectivity index (χ2n) is 5.89. The van der Waals surface area contributed by atoms with Crippen LogP contribution in [0.25, 0.3) is 16.8 Å². The molecule has 2 aromatic rings. The van der Waals surface area contributed by atoms with Crippen LogP contribution in [0.1, 0.15) is 36.7 Å². The van der Waals surface area contributed by atoms with Crippen molar-refractivity contribution in [3.63, 3.8) is 0 Å². The summed E-state index contributed by atoms with van der Waals surface area (Å²) in [4.78, 5) is 8.87. The van der Waals surface area contributed by atoms with E-state index in [2.05, 4.69) is 22.2 Å². The topological polar surface area (TPSA) is 61.7 Å². The van der Waals surface area contributed by atoms with E-state index in [1.807, 2.05) is 12.3 Å². The minimum Gasteiger partial charge on any atom is -0.384 e. The van der Waals surface area contributed by atoms with Crippen molar-refractivity contribution in [2.24, 2.45) is 0 Å². The van der Waals surface area contributed by atoms with Crippen molar-refractivity contribution in [2.45, 2.75) is 32.6 Å². The van der Waals surface area contributed by atoms with Crippen LogP contribution < -0.4 is 5.32 Å². The molecule has 0 saturated carbocycles. The molecular formula is C19H21FN4. The van der Waals surface area contributed by atoms with E-state index in [1.165, 1.54) is 18.5 Å². The number of nitrogens with zero attached hydrogens (tertiary/aromatic N) is 2. The van der Waals surface area contributed by atoms with E-state index in [4.69, 9.17) is 5.41 Å². The molecule has 1 aliphatic heterocycles. The fraction of sp³-hybridized carbons (Fsp3) is 0.316. The van der Waals surface area contributed by atoms with Crippen molar-refractivity contribution in [1.82, 2.24) is 15.3 Å². The Kier molecular flexibility index (Phi) is 4.99. The average Bonchev–Trinajstić information content (AvgIpc) is 2.79. The van der Waals surface area contributed by atoms with E-state index in [-0.39, 0.29) is 5.82 Å². The summed E-state index contributed by atoms with van der Waals surface area (Å²) in [5, 5.41) is 10.7. The first kappa shape index (κ1) is 16.3. The van der Waals surface area contributed by atoms with Gasteiger partial charge in [-0.05, 0) is 37.5 Å². The molecule has 0 bridgehead atoms. The van der Waals surface area contributed by atoms with Crippen LogP contribution in [-0.4, -0.2) is 22.7 Å². The van der Waals surface area contributed by atoms with Crippen molar-refractivity contribution in [3.05, 3.63) is 53.4 Å². The maximum atomic E-state index is 13.7. The standard InChI is InChI=1S/C19H21FN4/c1-2-4-17-15(10-14(20)12-24-17)13-9-16-18(23-11-13)5-3-8-22-19(16)6-7-21/h6-7,9-12,21-22H,2-5,8H2,1H3/b19-6-,21-7?. The number of rotatable bonds is 4. The van der Waals surface area contributed by atoms with E-state index in [0.717, 1.165) is 66.0 Å². The van der Waals surface area contributed by atoms with Crippen LogP contribution in [0.4, 0.5) is 4.39 Å².